The van der Waals surface area contributed by atoms with Gasteiger partial charge in [-0.3, -0.25) is 9.89 Å². The third-order valence-electron chi connectivity index (χ3n) is 5.06. The van der Waals surface area contributed by atoms with Gasteiger partial charge in [-0.05, 0) is 48.0 Å². The highest BCUT2D eigenvalue weighted by molar-refractivity contribution is 7.89. The summed E-state index contributed by atoms with van der Waals surface area (Å²) in [6.45, 7) is 0. The molecule has 1 aromatic heterocycles. The number of methoxy groups -OCH3 is 2. The zero-order chi connectivity index (χ0) is 23.6. The van der Waals surface area contributed by atoms with Crippen LogP contribution in [0.3, 0.4) is 0 Å². The molecule has 4 aromatic rings. The van der Waals surface area contributed by atoms with Crippen molar-refractivity contribution in [3.63, 3.8) is 0 Å². The van der Waals surface area contributed by atoms with Crippen LogP contribution in [0, 0.1) is 0 Å². The number of benzene rings is 3. The van der Waals surface area contributed by atoms with Crippen molar-refractivity contribution in [2.75, 3.05) is 19.5 Å². The number of fused-ring (bicyclic) bond motifs is 1. The van der Waals surface area contributed by atoms with Crippen molar-refractivity contribution in [2.24, 2.45) is 5.14 Å². The predicted octanol–water partition coefficient (Wildman–Crippen LogP) is 3.08. The van der Waals surface area contributed by atoms with Crippen LogP contribution in [0.2, 0.25) is 0 Å². The second-order valence-corrected chi connectivity index (χ2v) is 8.91. The molecule has 0 fully saturated rings. The van der Waals surface area contributed by atoms with Gasteiger partial charge in [0, 0.05) is 22.7 Å². The van der Waals surface area contributed by atoms with E-state index in [0.717, 1.165) is 16.5 Å². The fourth-order valence-corrected chi connectivity index (χ4v) is 4.05. The predicted molar refractivity (Wildman–Crippen MR) is 125 cm³/mol. The normalized spacial score (nSPS) is 11.4. The van der Waals surface area contributed by atoms with E-state index in [9.17, 15) is 13.2 Å². The molecule has 1 heterocycles. The minimum Gasteiger partial charge on any atom is -0.497 e. The molecule has 0 aliphatic carbocycles. The topological polar surface area (TPSA) is 136 Å². The highest BCUT2D eigenvalue weighted by Crippen LogP contribution is 2.30. The van der Waals surface area contributed by atoms with Crippen molar-refractivity contribution in [1.82, 2.24) is 10.2 Å². The number of rotatable bonds is 7. The molecule has 0 spiro atoms. The molecule has 4 N–H and O–H groups in total. The lowest BCUT2D eigenvalue weighted by atomic mass is 10.1. The van der Waals surface area contributed by atoms with Crippen LogP contribution in [0.4, 0.5) is 5.69 Å². The number of nitrogens with one attached hydrogen (secondary N) is 2. The molecule has 1 amide bonds. The van der Waals surface area contributed by atoms with Gasteiger partial charge in [0.1, 0.15) is 17.2 Å². The number of nitrogens with zero attached hydrogens (tertiary/aromatic N) is 1. The van der Waals surface area contributed by atoms with Gasteiger partial charge >= 0.3 is 0 Å². The van der Waals surface area contributed by atoms with E-state index in [-0.39, 0.29) is 17.2 Å². The van der Waals surface area contributed by atoms with E-state index in [2.05, 4.69) is 15.5 Å². The van der Waals surface area contributed by atoms with Gasteiger partial charge in [-0.2, -0.15) is 5.10 Å². The SMILES string of the molecule is COc1cc(CC(=O)Nc2ccc3[nH]nc(-c4cccc(S(N)(=O)=O)c4)c3c2)cc(OC)c1. The van der Waals surface area contributed by atoms with E-state index in [1.54, 1.807) is 62.8 Å². The molecule has 9 nitrogen and oxygen atoms in total. The van der Waals surface area contributed by atoms with Gasteiger partial charge in [-0.25, -0.2) is 13.6 Å². The first-order chi connectivity index (χ1) is 15.8. The fourth-order valence-electron chi connectivity index (χ4n) is 3.49. The smallest absolute Gasteiger partial charge is 0.238 e. The van der Waals surface area contributed by atoms with Gasteiger partial charge in [0.05, 0.1) is 31.1 Å². The van der Waals surface area contributed by atoms with Gasteiger partial charge in [-0.15, -0.1) is 0 Å². The Labute approximate surface area is 190 Å². The van der Waals surface area contributed by atoms with Crippen LogP contribution in [-0.2, 0) is 21.2 Å². The molecule has 33 heavy (non-hydrogen) atoms. The number of amides is 1. The van der Waals surface area contributed by atoms with Crippen LogP contribution in [0.15, 0.2) is 65.6 Å². The summed E-state index contributed by atoms with van der Waals surface area (Å²) in [6.07, 6.45) is 0.125. The molecule has 0 bridgehead atoms. The molecule has 0 aliphatic heterocycles. The van der Waals surface area contributed by atoms with E-state index >= 15 is 0 Å². The number of ether oxygens (including phenoxy) is 2. The molecule has 0 unspecified atom stereocenters. The Morgan fingerprint density at radius 2 is 1.76 bits per heavy atom. The summed E-state index contributed by atoms with van der Waals surface area (Å²) >= 11 is 0. The van der Waals surface area contributed by atoms with Gasteiger partial charge < -0.3 is 14.8 Å². The molecular weight excluding hydrogens is 444 g/mol. The van der Waals surface area contributed by atoms with E-state index < -0.39 is 10.0 Å². The van der Waals surface area contributed by atoms with Crippen LogP contribution in [0.25, 0.3) is 22.2 Å². The summed E-state index contributed by atoms with van der Waals surface area (Å²) < 4.78 is 33.9. The lowest BCUT2D eigenvalue weighted by Gasteiger charge is -2.09. The number of hydrogen-bond acceptors (Lipinski definition) is 6. The molecule has 0 atom stereocenters. The summed E-state index contributed by atoms with van der Waals surface area (Å²) in [5.41, 5.74) is 3.19. The first-order valence-corrected chi connectivity index (χ1v) is 11.4. The molecule has 0 aliphatic rings. The number of hydrogen-bond donors (Lipinski definition) is 3. The number of anilines is 1. The van der Waals surface area contributed by atoms with Crippen molar-refractivity contribution < 1.29 is 22.7 Å². The Hall–Kier alpha value is -3.89. The minimum atomic E-state index is -3.85. The molecule has 3 aromatic carbocycles. The van der Waals surface area contributed by atoms with Gasteiger partial charge in [0.15, 0.2) is 0 Å². The third kappa shape index (κ3) is 4.97. The average Bonchev–Trinajstić information content (AvgIpc) is 3.21. The molecule has 0 saturated heterocycles. The first kappa shape index (κ1) is 22.3. The Bertz CT molecular complexity index is 1420. The number of carbonyl (C=O) groups excluding carboxylic acids is 1. The molecule has 10 heteroatoms. The van der Waals surface area contributed by atoms with Crippen LogP contribution in [-0.4, -0.2) is 38.7 Å². The van der Waals surface area contributed by atoms with Gasteiger partial charge in [0.25, 0.3) is 0 Å². The maximum absolute atomic E-state index is 12.7. The summed E-state index contributed by atoms with van der Waals surface area (Å²) in [5, 5.41) is 16.1. The van der Waals surface area contributed by atoms with Crippen LogP contribution >= 0.6 is 0 Å². The number of primary sulfonamides is 1. The first-order valence-electron chi connectivity index (χ1n) is 9.90. The third-order valence-corrected chi connectivity index (χ3v) is 5.97. The average molecular weight is 467 g/mol. The lowest BCUT2D eigenvalue weighted by Crippen LogP contribution is -2.14. The largest absolute Gasteiger partial charge is 0.497 e. The van der Waals surface area contributed by atoms with Crippen LogP contribution in [0.1, 0.15) is 5.56 Å². The summed E-state index contributed by atoms with van der Waals surface area (Å²) in [7, 11) is -0.745. The molecule has 0 radical (unpaired) electrons. The second-order valence-electron chi connectivity index (χ2n) is 7.35. The maximum atomic E-state index is 12.7. The standard InChI is InChI=1S/C23H22N4O5S/c1-31-17-8-14(9-18(13-17)32-2)10-22(28)25-16-6-7-21-20(12-16)23(27-26-21)15-4-3-5-19(11-15)33(24,29)30/h3-9,11-13H,10H2,1-2H3,(H,25,28)(H,26,27)(H2,24,29,30). The van der Waals surface area contributed by atoms with Gasteiger partial charge in [0.2, 0.25) is 15.9 Å². The number of nitrogens with two attached hydrogens (primary N) is 1. The Balaban J connectivity index is 1.60. The fraction of sp³-hybridized carbons (Fsp3) is 0.130. The summed E-state index contributed by atoms with van der Waals surface area (Å²) in [4.78, 5) is 12.7. The number of sulfonamides is 1. The number of aromatic nitrogens is 2. The molecular formula is C23H22N4O5S. The van der Waals surface area contributed by atoms with Crippen molar-refractivity contribution in [3.05, 3.63) is 66.2 Å². The zero-order valence-electron chi connectivity index (χ0n) is 18.0. The lowest BCUT2D eigenvalue weighted by molar-refractivity contribution is -0.115. The van der Waals surface area contributed by atoms with E-state index in [1.807, 2.05) is 0 Å². The van der Waals surface area contributed by atoms with Crippen LogP contribution < -0.4 is 19.9 Å². The quantitative estimate of drug-likeness (QED) is 0.383. The second kappa shape index (κ2) is 8.93. The molecule has 4 rings (SSSR count). The van der Waals surface area contributed by atoms with Crippen molar-refractivity contribution in [3.8, 4) is 22.8 Å². The van der Waals surface area contributed by atoms with Crippen LogP contribution in [0.5, 0.6) is 11.5 Å². The van der Waals surface area contributed by atoms with Crippen molar-refractivity contribution in [1.29, 1.82) is 0 Å². The Kier molecular flexibility index (Phi) is 6.03. The van der Waals surface area contributed by atoms with Crippen molar-refractivity contribution >= 4 is 32.5 Å². The number of H-pyrrole nitrogens is 1. The maximum Gasteiger partial charge on any atom is 0.238 e. The van der Waals surface area contributed by atoms with E-state index in [1.165, 1.54) is 12.1 Å². The number of aromatic amines is 1. The monoisotopic (exact) mass is 466 g/mol. The zero-order valence-corrected chi connectivity index (χ0v) is 18.8. The van der Waals surface area contributed by atoms with Crippen molar-refractivity contribution in [2.45, 2.75) is 11.3 Å². The molecule has 170 valence electrons. The number of carbonyl (C=O) groups is 1. The Morgan fingerprint density at radius 3 is 2.42 bits per heavy atom. The summed E-state index contributed by atoms with van der Waals surface area (Å²) in [5.74, 6) is 0.984. The van der Waals surface area contributed by atoms with E-state index in [4.69, 9.17) is 14.6 Å². The van der Waals surface area contributed by atoms with E-state index in [0.29, 0.717) is 28.4 Å². The molecule has 0 saturated carbocycles. The highest BCUT2D eigenvalue weighted by atomic mass is 32.2. The summed E-state index contributed by atoms with van der Waals surface area (Å²) in [6, 6.07) is 16.8. The minimum absolute atomic E-state index is 0.00525. The highest BCUT2D eigenvalue weighted by Gasteiger charge is 2.14. The van der Waals surface area contributed by atoms with Gasteiger partial charge in [-0.1, -0.05) is 12.1 Å². The Morgan fingerprint density at radius 1 is 1.03 bits per heavy atom.